The van der Waals surface area contributed by atoms with E-state index < -0.39 is 0 Å². The molecule has 1 aromatic carbocycles. The highest BCUT2D eigenvalue weighted by atomic mass is 35.5. The molecule has 84 valence electrons. The predicted molar refractivity (Wildman–Crippen MR) is 68.6 cm³/mol. The van der Waals surface area contributed by atoms with Crippen molar-refractivity contribution in [1.29, 1.82) is 0 Å². The molecule has 15 heavy (non-hydrogen) atoms. The Morgan fingerprint density at radius 3 is 2.13 bits per heavy atom. The summed E-state index contributed by atoms with van der Waals surface area (Å²) in [6, 6.07) is 8.72. The van der Waals surface area contributed by atoms with Gasteiger partial charge in [-0.2, -0.15) is 0 Å². The summed E-state index contributed by atoms with van der Waals surface area (Å²) in [6.45, 7) is 8.70. The van der Waals surface area contributed by atoms with Gasteiger partial charge in [-0.25, -0.2) is 0 Å². The van der Waals surface area contributed by atoms with E-state index in [1.165, 1.54) is 11.1 Å². The molecule has 0 bridgehead atoms. The second-order valence-corrected chi connectivity index (χ2v) is 5.88. The molecular formula is C14H21Cl. The fraction of sp³-hybridized carbons (Fsp3) is 0.571. The summed E-state index contributed by atoms with van der Waals surface area (Å²) in [6.07, 6.45) is 2.12. The van der Waals surface area contributed by atoms with Gasteiger partial charge in [0.15, 0.2) is 0 Å². The molecule has 0 saturated heterocycles. The monoisotopic (exact) mass is 224 g/mol. The molecule has 1 rings (SSSR count). The quantitative estimate of drug-likeness (QED) is 0.660. The van der Waals surface area contributed by atoms with Gasteiger partial charge in [0.1, 0.15) is 0 Å². The molecule has 0 N–H and O–H groups in total. The Hall–Kier alpha value is -0.490. The number of rotatable bonds is 3. The SMILES string of the molecule is Cc1ccc(CCC(Cl)C(C)(C)C)cc1. The van der Waals surface area contributed by atoms with Crippen molar-refractivity contribution in [2.24, 2.45) is 5.41 Å². The van der Waals surface area contributed by atoms with Crippen LogP contribution < -0.4 is 0 Å². The highest BCUT2D eigenvalue weighted by molar-refractivity contribution is 6.21. The van der Waals surface area contributed by atoms with Crippen molar-refractivity contribution in [3.63, 3.8) is 0 Å². The van der Waals surface area contributed by atoms with Crippen LogP contribution in [0.2, 0.25) is 0 Å². The van der Waals surface area contributed by atoms with Crippen molar-refractivity contribution in [1.82, 2.24) is 0 Å². The summed E-state index contributed by atoms with van der Waals surface area (Å²) in [7, 11) is 0. The van der Waals surface area contributed by atoms with Gasteiger partial charge in [-0.05, 0) is 30.7 Å². The number of halogens is 1. The van der Waals surface area contributed by atoms with Gasteiger partial charge in [-0.3, -0.25) is 0 Å². The molecule has 0 aromatic heterocycles. The molecule has 0 fully saturated rings. The number of alkyl halides is 1. The zero-order chi connectivity index (χ0) is 11.5. The fourth-order valence-electron chi connectivity index (χ4n) is 1.48. The first-order chi connectivity index (χ1) is 6.89. The molecule has 1 atom stereocenters. The second-order valence-electron chi connectivity index (χ2n) is 5.36. The van der Waals surface area contributed by atoms with Crippen molar-refractivity contribution in [2.75, 3.05) is 0 Å². The summed E-state index contributed by atoms with van der Waals surface area (Å²) in [5, 5.41) is 0.249. The van der Waals surface area contributed by atoms with Gasteiger partial charge in [-0.1, -0.05) is 50.6 Å². The van der Waals surface area contributed by atoms with Gasteiger partial charge in [0.05, 0.1) is 0 Å². The first kappa shape index (κ1) is 12.6. The smallest absolute Gasteiger partial charge is 0.0387 e. The Morgan fingerprint density at radius 2 is 1.67 bits per heavy atom. The Labute approximate surface area is 98.7 Å². The van der Waals surface area contributed by atoms with Gasteiger partial charge in [0, 0.05) is 5.38 Å². The van der Waals surface area contributed by atoms with Crippen LogP contribution in [-0.4, -0.2) is 5.38 Å². The summed E-state index contributed by atoms with van der Waals surface area (Å²) in [4.78, 5) is 0. The van der Waals surface area contributed by atoms with E-state index in [0.29, 0.717) is 0 Å². The van der Waals surface area contributed by atoms with E-state index in [0.717, 1.165) is 12.8 Å². The summed E-state index contributed by atoms with van der Waals surface area (Å²) >= 11 is 6.34. The maximum Gasteiger partial charge on any atom is 0.0387 e. The summed E-state index contributed by atoms with van der Waals surface area (Å²) in [5.41, 5.74) is 2.90. The van der Waals surface area contributed by atoms with Crippen LogP contribution in [0.4, 0.5) is 0 Å². The van der Waals surface area contributed by atoms with E-state index in [2.05, 4.69) is 52.0 Å². The van der Waals surface area contributed by atoms with Crippen LogP contribution >= 0.6 is 11.6 Å². The Bertz CT molecular complexity index is 292. The number of aryl methyl sites for hydroxylation is 2. The highest BCUT2D eigenvalue weighted by Crippen LogP contribution is 2.28. The molecule has 0 radical (unpaired) electrons. The van der Waals surface area contributed by atoms with Crippen molar-refractivity contribution in [3.05, 3.63) is 35.4 Å². The summed E-state index contributed by atoms with van der Waals surface area (Å²) < 4.78 is 0. The molecule has 0 amide bonds. The third-order valence-corrected chi connectivity index (χ3v) is 3.62. The molecular weight excluding hydrogens is 204 g/mol. The van der Waals surface area contributed by atoms with Crippen LogP contribution in [0.1, 0.15) is 38.3 Å². The molecule has 1 aromatic rings. The third-order valence-electron chi connectivity index (χ3n) is 2.75. The van der Waals surface area contributed by atoms with Crippen molar-refractivity contribution >= 4 is 11.6 Å². The van der Waals surface area contributed by atoms with E-state index in [4.69, 9.17) is 11.6 Å². The van der Waals surface area contributed by atoms with E-state index in [-0.39, 0.29) is 10.8 Å². The molecule has 0 aliphatic heterocycles. The lowest BCUT2D eigenvalue weighted by molar-refractivity contribution is 0.374. The van der Waals surface area contributed by atoms with Crippen LogP contribution in [0.3, 0.4) is 0 Å². The van der Waals surface area contributed by atoms with E-state index in [9.17, 15) is 0 Å². The molecule has 1 unspecified atom stereocenters. The first-order valence-corrected chi connectivity index (χ1v) is 6.03. The van der Waals surface area contributed by atoms with Crippen LogP contribution in [0, 0.1) is 12.3 Å². The lowest BCUT2D eigenvalue weighted by atomic mass is 9.88. The minimum Gasteiger partial charge on any atom is -0.122 e. The minimum absolute atomic E-state index is 0.201. The van der Waals surface area contributed by atoms with Gasteiger partial charge < -0.3 is 0 Å². The molecule has 0 saturated carbocycles. The van der Waals surface area contributed by atoms with Gasteiger partial charge in [0.2, 0.25) is 0 Å². The first-order valence-electron chi connectivity index (χ1n) is 5.59. The average Bonchev–Trinajstić information content (AvgIpc) is 2.15. The zero-order valence-electron chi connectivity index (χ0n) is 10.2. The maximum absolute atomic E-state index is 6.34. The number of hydrogen-bond acceptors (Lipinski definition) is 0. The van der Waals surface area contributed by atoms with E-state index in [1.807, 2.05) is 0 Å². The lowest BCUT2D eigenvalue weighted by Gasteiger charge is -2.25. The second kappa shape index (κ2) is 5.03. The molecule has 0 nitrogen and oxygen atoms in total. The summed E-state index contributed by atoms with van der Waals surface area (Å²) in [5.74, 6) is 0. The van der Waals surface area contributed by atoms with Gasteiger partial charge in [-0.15, -0.1) is 11.6 Å². The molecule has 0 spiro atoms. The lowest BCUT2D eigenvalue weighted by Crippen LogP contribution is -2.21. The van der Waals surface area contributed by atoms with Crippen molar-refractivity contribution in [2.45, 2.75) is 45.9 Å². The van der Waals surface area contributed by atoms with Crippen LogP contribution in [0.5, 0.6) is 0 Å². The molecule has 0 aliphatic rings. The average molecular weight is 225 g/mol. The fourth-order valence-corrected chi connectivity index (χ4v) is 1.59. The highest BCUT2D eigenvalue weighted by Gasteiger charge is 2.21. The van der Waals surface area contributed by atoms with Crippen LogP contribution in [0.15, 0.2) is 24.3 Å². The molecule has 0 aliphatic carbocycles. The molecule has 1 heteroatoms. The van der Waals surface area contributed by atoms with Crippen molar-refractivity contribution < 1.29 is 0 Å². The maximum atomic E-state index is 6.34. The molecule has 0 heterocycles. The van der Waals surface area contributed by atoms with E-state index in [1.54, 1.807) is 0 Å². The zero-order valence-corrected chi connectivity index (χ0v) is 10.9. The van der Waals surface area contributed by atoms with Crippen LogP contribution in [-0.2, 0) is 6.42 Å². The van der Waals surface area contributed by atoms with E-state index >= 15 is 0 Å². The minimum atomic E-state index is 0.201. The number of hydrogen-bond donors (Lipinski definition) is 0. The number of benzene rings is 1. The third kappa shape index (κ3) is 4.25. The predicted octanol–water partition coefficient (Wildman–Crippen LogP) is 4.58. The Kier molecular flexibility index (Phi) is 4.21. The van der Waals surface area contributed by atoms with Gasteiger partial charge in [0.25, 0.3) is 0 Å². The van der Waals surface area contributed by atoms with Crippen molar-refractivity contribution in [3.8, 4) is 0 Å². The normalized spacial score (nSPS) is 13.9. The topological polar surface area (TPSA) is 0 Å². The van der Waals surface area contributed by atoms with Crippen LogP contribution in [0.25, 0.3) is 0 Å². The Balaban J connectivity index is 2.47. The Morgan fingerprint density at radius 1 is 1.13 bits per heavy atom. The standard InChI is InChI=1S/C14H21Cl/c1-11-5-7-12(8-6-11)9-10-13(15)14(2,3)4/h5-8,13H,9-10H2,1-4H3. The largest absolute Gasteiger partial charge is 0.122 e. The van der Waals surface area contributed by atoms with Gasteiger partial charge >= 0.3 is 0 Å².